The molecule has 1 N–H and O–H groups in total. The monoisotopic (exact) mass is 575 g/mol. The van der Waals surface area contributed by atoms with E-state index in [-0.39, 0.29) is 23.3 Å². The molecule has 1 amide bonds. The van der Waals surface area contributed by atoms with Gasteiger partial charge < -0.3 is 24.4 Å². The van der Waals surface area contributed by atoms with Crippen LogP contribution in [0.5, 0.6) is 5.75 Å². The Kier molecular flexibility index (Phi) is 6.55. The second-order valence-electron chi connectivity index (χ2n) is 11.6. The molecule has 5 heterocycles. The van der Waals surface area contributed by atoms with Crippen LogP contribution in [0.3, 0.4) is 0 Å². The lowest BCUT2D eigenvalue weighted by atomic mass is 10.0. The smallest absolute Gasteiger partial charge is 0.298 e. The number of nitrogens with zero attached hydrogens (tertiary/aromatic N) is 7. The Labute approximate surface area is 248 Å². The van der Waals surface area contributed by atoms with Crippen molar-refractivity contribution in [3.8, 4) is 23.3 Å². The maximum absolute atomic E-state index is 14.3. The van der Waals surface area contributed by atoms with Gasteiger partial charge in [0.1, 0.15) is 16.8 Å². The number of anilines is 1. The number of aromatic nitrogens is 4. The molecule has 2 aromatic carbocycles. The van der Waals surface area contributed by atoms with Gasteiger partial charge in [0.2, 0.25) is 0 Å². The molecule has 2 aliphatic rings. The van der Waals surface area contributed by atoms with Crippen LogP contribution in [0.4, 0.5) is 5.82 Å². The van der Waals surface area contributed by atoms with Crippen molar-refractivity contribution in [1.29, 1.82) is 0 Å². The van der Waals surface area contributed by atoms with Gasteiger partial charge in [-0.25, -0.2) is 9.97 Å². The van der Waals surface area contributed by atoms with Crippen molar-refractivity contribution < 1.29 is 9.90 Å². The fourth-order valence-corrected chi connectivity index (χ4v) is 6.42. The minimum atomic E-state index is -0.257. The third kappa shape index (κ3) is 4.48. The van der Waals surface area contributed by atoms with Crippen LogP contribution in [0.1, 0.15) is 25.8 Å². The zero-order chi connectivity index (χ0) is 29.8. The topological polar surface area (TPSA) is 99.7 Å². The number of fused-ring (bicyclic) bond motifs is 4. The summed E-state index contributed by atoms with van der Waals surface area (Å²) >= 11 is 0. The van der Waals surface area contributed by atoms with Gasteiger partial charge in [-0.1, -0.05) is 30.2 Å². The molecule has 2 saturated heterocycles. The van der Waals surface area contributed by atoms with Gasteiger partial charge in [-0.3, -0.25) is 14.2 Å². The molecule has 5 aromatic rings. The summed E-state index contributed by atoms with van der Waals surface area (Å²) in [5, 5.41) is 12.9. The van der Waals surface area contributed by atoms with E-state index in [1.54, 1.807) is 34.7 Å². The standard InChI is InChI=1S/C33H33N7O3/c1-4-7-28(42)37-13-10-22(11-14-37)40-20-34-30-31(40)26-12-15-39(27-17-24(41)16-21-8-5-6-9-25(21)27)33(43)29(26)35-32(30)38-18-23(19-38)36(2)3/h5-6,8-9,12,15-17,20,22-23,41H,10-11,13-14,18-19H2,1-3H3. The zero-order valence-corrected chi connectivity index (χ0v) is 24.5. The van der Waals surface area contributed by atoms with Crippen molar-refractivity contribution in [3.05, 3.63) is 65.3 Å². The normalized spacial score (nSPS) is 16.2. The van der Waals surface area contributed by atoms with Crippen LogP contribution in [0.15, 0.2) is 59.8 Å². The van der Waals surface area contributed by atoms with Gasteiger partial charge in [-0.15, -0.1) is 0 Å². The first kappa shape index (κ1) is 27.0. The van der Waals surface area contributed by atoms with E-state index in [0.717, 1.165) is 53.1 Å². The molecule has 2 aliphatic heterocycles. The van der Waals surface area contributed by atoms with Crippen molar-refractivity contribution in [3.63, 3.8) is 0 Å². The summed E-state index contributed by atoms with van der Waals surface area (Å²) < 4.78 is 3.75. The highest BCUT2D eigenvalue weighted by atomic mass is 16.3. The molecular formula is C33H33N7O3. The van der Waals surface area contributed by atoms with Crippen molar-refractivity contribution in [2.45, 2.75) is 31.8 Å². The maximum Gasteiger partial charge on any atom is 0.298 e. The second-order valence-corrected chi connectivity index (χ2v) is 11.6. The lowest BCUT2D eigenvalue weighted by molar-refractivity contribution is -0.126. The average Bonchev–Trinajstić information content (AvgIpc) is 3.42. The van der Waals surface area contributed by atoms with Crippen LogP contribution in [0.2, 0.25) is 0 Å². The van der Waals surface area contributed by atoms with Crippen LogP contribution in [0.25, 0.3) is 38.4 Å². The Balaban J connectivity index is 1.39. The predicted octanol–water partition coefficient (Wildman–Crippen LogP) is 3.53. The number of imidazole rings is 1. The highest BCUT2D eigenvalue weighted by molar-refractivity contribution is 6.07. The number of hydrogen-bond acceptors (Lipinski definition) is 7. The largest absolute Gasteiger partial charge is 0.508 e. The molecule has 0 atom stereocenters. The molecule has 3 aromatic heterocycles. The zero-order valence-electron chi connectivity index (χ0n) is 24.5. The first-order valence-electron chi connectivity index (χ1n) is 14.6. The van der Waals surface area contributed by atoms with E-state index < -0.39 is 0 Å². The number of rotatable bonds is 4. The summed E-state index contributed by atoms with van der Waals surface area (Å²) in [7, 11) is 4.14. The highest BCUT2D eigenvalue weighted by Crippen LogP contribution is 2.36. The Bertz CT molecular complexity index is 2020. The van der Waals surface area contributed by atoms with Crippen LogP contribution >= 0.6 is 0 Å². The Hall–Kier alpha value is -4.88. The molecule has 2 fully saturated rings. The Morgan fingerprint density at radius 1 is 1.05 bits per heavy atom. The van der Waals surface area contributed by atoms with Gasteiger partial charge in [0.25, 0.3) is 11.5 Å². The SMILES string of the molecule is CC#CC(=O)N1CCC(n2cnc3c(N4CC(N(C)C)C4)nc4c(=O)n(-c5cc(O)cc6ccccc56)ccc4c32)CC1. The second kappa shape index (κ2) is 10.4. The quantitative estimate of drug-likeness (QED) is 0.328. The molecule has 0 aliphatic carbocycles. The molecule has 10 heteroatoms. The van der Waals surface area contributed by atoms with E-state index in [1.807, 2.05) is 36.7 Å². The van der Waals surface area contributed by atoms with Gasteiger partial charge in [-0.05, 0) is 57.3 Å². The predicted molar refractivity (Wildman–Crippen MR) is 168 cm³/mol. The van der Waals surface area contributed by atoms with Crippen LogP contribution in [-0.4, -0.2) is 86.2 Å². The first-order chi connectivity index (χ1) is 20.8. The number of carbonyl (C=O) groups excluding carboxylic acids is 1. The number of hydrogen-bond donors (Lipinski definition) is 1. The summed E-state index contributed by atoms with van der Waals surface area (Å²) in [5.41, 5.74) is 2.37. The van der Waals surface area contributed by atoms with Gasteiger partial charge in [-0.2, -0.15) is 0 Å². The summed E-state index contributed by atoms with van der Waals surface area (Å²) in [6, 6.07) is 13.5. The van der Waals surface area contributed by atoms with Gasteiger partial charge in [0, 0.05) is 61.3 Å². The summed E-state index contributed by atoms with van der Waals surface area (Å²) in [6.45, 7) is 4.49. The third-order valence-electron chi connectivity index (χ3n) is 8.90. The number of carbonyl (C=O) groups is 1. The number of amides is 1. The summed E-state index contributed by atoms with van der Waals surface area (Å²) in [4.78, 5) is 42.7. The number of phenolic OH excluding ortho intramolecular Hbond substituents is 1. The number of likely N-dealkylation sites (tertiary alicyclic amines) is 1. The Morgan fingerprint density at radius 2 is 1.81 bits per heavy atom. The minimum absolute atomic E-state index is 0.0907. The molecule has 10 nitrogen and oxygen atoms in total. The Morgan fingerprint density at radius 3 is 2.56 bits per heavy atom. The molecular weight excluding hydrogens is 542 g/mol. The highest BCUT2D eigenvalue weighted by Gasteiger charge is 2.33. The summed E-state index contributed by atoms with van der Waals surface area (Å²) in [6.07, 6.45) is 5.15. The first-order valence-corrected chi connectivity index (χ1v) is 14.6. The van der Waals surface area contributed by atoms with Crippen LogP contribution < -0.4 is 10.5 Å². The summed E-state index contributed by atoms with van der Waals surface area (Å²) in [5.74, 6) is 6.02. The molecule has 0 saturated carbocycles. The number of phenols is 1. The van der Waals surface area contributed by atoms with Crippen LogP contribution in [0, 0.1) is 11.8 Å². The maximum atomic E-state index is 14.3. The molecule has 218 valence electrons. The fraction of sp³-hybridized carbons (Fsp3) is 0.333. The third-order valence-corrected chi connectivity index (χ3v) is 8.90. The molecule has 0 radical (unpaired) electrons. The van der Waals surface area contributed by atoms with E-state index in [4.69, 9.17) is 9.97 Å². The minimum Gasteiger partial charge on any atom is -0.508 e. The van der Waals surface area contributed by atoms with E-state index in [0.29, 0.717) is 36.2 Å². The number of pyridine rings is 2. The van der Waals surface area contributed by atoms with Crippen molar-refractivity contribution in [2.75, 3.05) is 45.2 Å². The number of piperidine rings is 1. The fourth-order valence-electron chi connectivity index (χ4n) is 6.42. The number of aromatic hydroxyl groups is 1. The van der Waals surface area contributed by atoms with Crippen molar-refractivity contribution in [2.24, 2.45) is 0 Å². The van der Waals surface area contributed by atoms with E-state index in [2.05, 4.69) is 40.3 Å². The van der Waals surface area contributed by atoms with Gasteiger partial charge >= 0.3 is 0 Å². The lowest BCUT2D eigenvalue weighted by Crippen LogP contribution is -2.57. The van der Waals surface area contributed by atoms with E-state index in [1.165, 1.54) is 0 Å². The van der Waals surface area contributed by atoms with Crippen molar-refractivity contribution in [1.82, 2.24) is 28.9 Å². The van der Waals surface area contributed by atoms with E-state index >= 15 is 0 Å². The van der Waals surface area contributed by atoms with Crippen LogP contribution in [-0.2, 0) is 4.79 Å². The van der Waals surface area contributed by atoms with Gasteiger partial charge in [0.05, 0.1) is 17.5 Å². The average molecular weight is 576 g/mol. The molecule has 0 bridgehead atoms. The molecule has 0 spiro atoms. The molecule has 0 unspecified atom stereocenters. The van der Waals surface area contributed by atoms with E-state index in [9.17, 15) is 14.7 Å². The van der Waals surface area contributed by atoms with Gasteiger partial charge in [0.15, 0.2) is 5.82 Å². The molecule has 43 heavy (non-hydrogen) atoms. The number of likely N-dealkylation sites (N-methyl/N-ethyl adjacent to an activating group) is 1. The van der Waals surface area contributed by atoms with Crippen molar-refractivity contribution >= 4 is 44.4 Å². The number of benzene rings is 2. The molecule has 7 rings (SSSR count). The lowest BCUT2D eigenvalue weighted by Gasteiger charge is -2.43.